The van der Waals surface area contributed by atoms with E-state index in [9.17, 15) is 26.3 Å². The zero-order valence-corrected chi connectivity index (χ0v) is 21.4. The second-order valence-corrected chi connectivity index (χ2v) is 9.01. The van der Waals surface area contributed by atoms with Crippen molar-refractivity contribution in [3.8, 4) is 34.8 Å². The summed E-state index contributed by atoms with van der Waals surface area (Å²) in [7, 11) is 2.75. The van der Waals surface area contributed by atoms with Crippen LogP contribution >= 0.6 is 11.3 Å². The van der Waals surface area contributed by atoms with Crippen LogP contribution in [0.25, 0.3) is 11.3 Å². The van der Waals surface area contributed by atoms with Gasteiger partial charge in [-0.05, 0) is 6.07 Å². The molecule has 0 aliphatic heterocycles. The monoisotopic (exact) mass is 588 g/mol. The predicted molar refractivity (Wildman–Crippen MR) is 131 cm³/mol. The van der Waals surface area contributed by atoms with Crippen molar-refractivity contribution in [1.82, 2.24) is 15.0 Å². The molecule has 15 heteroatoms. The van der Waals surface area contributed by atoms with Gasteiger partial charge in [-0.2, -0.15) is 36.3 Å². The summed E-state index contributed by atoms with van der Waals surface area (Å²) in [6, 6.07) is 14.4. The fourth-order valence-corrected chi connectivity index (χ4v) is 4.60. The molecule has 0 fully saturated rings. The summed E-state index contributed by atoms with van der Waals surface area (Å²) in [5.41, 5.74) is -6.15. The number of alkyl halides is 7. The normalized spacial score (nSPS) is 12.2. The van der Waals surface area contributed by atoms with Gasteiger partial charge in [0, 0.05) is 17.7 Å². The van der Waals surface area contributed by atoms with Crippen LogP contribution < -0.4 is 19.5 Å². The van der Waals surface area contributed by atoms with Gasteiger partial charge in [0.15, 0.2) is 5.13 Å². The number of aromatic nitrogens is 3. The second kappa shape index (κ2) is 11.2. The van der Waals surface area contributed by atoms with Crippen LogP contribution in [0.3, 0.4) is 0 Å². The molecule has 0 radical (unpaired) electrons. The molecule has 2 heterocycles. The summed E-state index contributed by atoms with van der Waals surface area (Å²) in [5.74, 6) is 0.492. The average molecular weight is 589 g/mol. The van der Waals surface area contributed by atoms with Crippen LogP contribution in [0, 0.1) is 0 Å². The lowest BCUT2D eigenvalue weighted by Crippen LogP contribution is -2.50. The van der Waals surface area contributed by atoms with Crippen LogP contribution in [0.1, 0.15) is 10.4 Å². The average Bonchev–Trinajstić information content (AvgIpc) is 3.35. The highest BCUT2D eigenvalue weighted by molar-refractivity contribution is 7.16. The van der Waals surface area contributed by atoms with E-state index in [4.69, 9.17) is 14.2 Å². The summed E-state index contributed by atoms with van der Waals surface area (Å²) in [4.78, 5) is 10.4. The molecular weight excluding hydrogens is 569 g/mol. The lowest BCUT2D eigenvalue weighted by Gasteiger charge is -2.29. The maximum atomic E-state index is 15.1. The topological polar surface area (TPSA) is 78.4 Å². The number of nitrogens with zero attached hydrogens (tertiary/aromatic N) is 3. The molecule has 2 aromatic carbocycles. The van der Waals surface area contributed by atoms with Crippen molar-refractivity contribution in [2.24, 2.45) is 0 Å². The summed E-state index contributed by atoms with van der Waals surface area (Å²) >= 11 is -0.0818. The van der Waals surface area contributed by atoms with E-state index in [2.05, 4.69) is 20.3 Å². The van der Waals surface area contributed by atoms with Gasteiger partial charge in [0.1, 0.15) is 5.75 Å². The van der Waals surface area contributed by atoms with Crippen molar-refractivity contribution in [1.29, 1.82) is 0 Å². The van der Waals surface area contributed by atoms with Crippen molar-refractivity contribution in [3.05, 3.63) is 71.1 Å². The fraction of sp³-hybridized carbons (Fsp3) is 0.240. The Hall–Kier alpha value is -4.14. The van der Waals surface area contributed by atoms with Crippen LogP contribution in [0.5, 0.6) is 23.5 Å². The minimum absolute atomic E-state index is 0.0818. The fourth-order valence-electron chi connectivity index (χ4n) is 3.50. The van der Waals surface area contributed by atoms with Gasteiger partial charge in [-0.1, -0.05) is 59.9 Å². The lowest BCUT2D eigenvalue weighted by molar-refractivity contribution is -0.347. The van der Waals surface area contributed by atoms with E-state index in [1.54, 1.807) is 18.2 Å². The maximum Gasteiger partial charge on any atom is 0.436 e. The number of anilines is 1. The Morgan fingerprint density at radius 3 is 1.93 bits per heavy atom. The van der Waals surface area contributed by atoms with Crippen LogP contribution in [-0.2, 0) is 12.2 Å². The Morgan fingerprint density at radius 1 is 0.775 bits per heavy atom. The van der Waals surface area contributed by atoms with Gasteiger partial charge in [-0.15, -0.1) is 0 Å². The Bertz CT molecular complexity index is 1430. The Labute approximate surface area is 226 Å². The molecule has 0 atom stereocenters. The van der Waals surface area contributed by atoms with Crippen molar-refractivity contribution in [2.75, 3.05) is 19.5 Å². The molecule has 0 aliphatic rings. The highest BCUT2D eigenvalue weighted by Crippen LogP contribution is 2.57. The minimum Gasteiger partial charge on any atom is -0.481 e. The number of hydrogen-bond acceptors (Lipinski definition) is 8. The number of benzene rings is 2. The van der Waals surface area contributed by atoms with Crippen LogP contribution in [-0.4, -0.2) is 41.5 Å². The predicted octanol–water partition coefficient (Wildman–Crippen LogP) is 7.31. The van der Waals surface area contributed by atoms with Gasteiger partial charge in [-0.3, -0.25) is 0 Å². The molecule has 0 saturated heterocycles. The summed E-state index contributed by atoms with van der Waals surface area (Å²) in [6.07, 6.45) is -12.6. The SMILES string of the molecule is COc1cc(OC)nc(Oc2ccccc2CNc2nc(-c3ccccc3)c(C(F)(C(F)(F)F)C(F)(F)F)s2)n1. The van der Waals surface area contributed by atoms with E-state index >= 15 is 4.39 Å². The van der Waals surface area contributed by atoms with Crippen LogP contribution in [0.2, 0.25) is 0 Å². The van der Waals surface area contributed by atoms with Crippen molar-refractivity contribution >= 4 is 16.5 Å². The van der Waals surface area contributed by atoms with Gasteiger partial charge in [0.25, 0.3) is 0 Å². The van der Waals surface area contributed by atoms with E-state index in [-0.39, 0.29) is 52.1 Å². The van der Waals surface area contributed by atoms with Gasteiger partial charge < -0.3 is 19.5 Å². The first kappa shape index (κ1) is 28.9. The molecule has 4 rings (SSSR count). The second-order valence-electron chi connectivity index (χ2n) is 8.02. The summed E-state index contributed by atoms with van der Waals surface area (Å²) in [5, 5.41) is 2.30. The molecular formula is C25H19F7N4O3S. The Kier molecular flexibility index (Phi) is 8.05. The quantitative estimate of drug-likeness (QED) is 0.206. The van der Waals surface area contributed by atoms with Crippen molar-refractivity contribution in [2.45, 2.75) is 24.6 Å². The minimum atomic E-state index is -6.29. The van der Waals surface area contributed by atoms with Crippen LogP contribution in [0.15, 0.2) is 60.7 Å². The molecule has 7 nitrogen and oxygen atoms in total. The molecule has 2 aromatic heterocycles. The number of thiazole rings is 1. The standard InChI is InChI=1S/C25H19F7N4O3S/c1-37-17-12-18(38-2)35-21(34-17)39-16-11-7-6-10-15(16)13-33-22-36-19(14-8-4-3-5-9-14)20(40-22)23(26,24(27,28)29)25(30,31)32/h3-12H,13H2,1-2H3,(H,33,36). The third-order valence-electron chi connectivity index (χ3n) is 5.45. The van der Waals surface area contributed by atoms with Gasteiger partial charge in [0.05, 0.1) is 30.9 Å². The van der Waals surface area contributed by atoms with E-state index in [0.29, 0.717) is 5.56 Å². The zero-order valence-electron chi connectivity index (χ0n) is 20.6. The molecule has 0 unspecified atom stereocenters. The molecule has 0 spiro atoms. The Balaban J connectivity index is 1.69. The molecule has 4 aromatic rings. The largest absolute Gasteiger partial charge is 0.481 e. The summed E-state index contributed by atoms with van der Waals surface area (Å²) in [6.45, 7) is -0.171. The molecule has 0 saturated carbocycles. The third-order valence-corrected chi connectivity index (χ3v) is 6.56. The van der Waals surface area contributed by atoms with E-state index in [1.807, 2.05) is 0 Å². The number of rotatable bonds is 9. The number of methoxy groups -OCH3 is 2. The number of nitrogens with one attached hydrogen (secondary N) is 1. The smallest absolute Gasteiger partial charge is 0.436 e. The van der Waals surface area contributed by atoms with E-state index in [1.165, 1.54) is 56.7 Å². The number of para-hydroxylation sites is 1. The molecule has 40 heavy (non-hydrogen) atoms. The first-order chi connectivity index (χ1) is 18.9. The van der Waals surface area contributed by atoms with Gasteiger partial charge in [0.2, 0.25) is 11.8 Å². The molecule has 1 N–H and O–H groups in total. The number of halogens is 7. The first-order valence-corrected chi connectivity index (χ1v) is 12.0. The van der Waals surface area contributed by atoms with Gasteiger partial charge in [-0.25, -0.2) is 9.37 Å². The molecule has 212 valence electrons. The number of ether oxygens (including phenoxy) is 3. The Morgan fingerprint density at radius 2 is 1.35 bits per heavy atom. The first-order valence-electron chi connectivity index (χ1n) is 11.2. The van der Waals surface area contributed by atoms with Crippen molar-refractivity contribution in [3.63, 3.8) is 0 Å². The van der Waals surface area contributed by atoms with Crippen molar-refractivity contribution < 1.29 is 44.9 Å². The maximum absolute atomic E-state index is 15.1. The molecule has 0 aliphatic carbocycles. The summed E-state index contributed by atoms with van der Waals surface area (Å²) < 4.78 is 113. The third kappa shape index (κ3) is 5.73. The van der Waals surface area contributed by atoms with E-state index < -0.39 is 28.6 Å². The van der Waals surface area contributed by atoms with E-state index in [0.717, 1.165) is 0 Å². The number of hydrogen-bond donors (Lipinski definition) is 1. The van der Waals surface area contributed by atoms with Crippen LogP contribution in [0.4, 0.5) is 35.9 Å². The molecule has 0 amide bonds. The highest BCUT2D eigenvalue weighted by Gasteiger charge is 2.75. The molecule has 0 bridgehead atoms. The zero-order chi connectivity index (χ0) is 29.1. The van der Waals surface area contributed by atoms with Gasteiger partial charge >= 0.3 is 24.0 Å². The lowest BCUT2D eigenvalue weighted by atomic mass is 9.98. The highest BCUT2D eigenvalue weighted by atomic mass is 32.1.